The zero-order valence-corrected chi connectivity index (χ0v) is 15.7. The Labute approximate surface area is 150 Å². The first-order valence-electron chi connectivity index (χ1n) is 9.87. The monoisotopic (exact) mass is 349 g/mol. The molecule has 2 aliphatic carbocycles. The van der Waals surface area contributed by atoms with Crippen LogP contribution in [0.25, 0.3) is 0 Å². The van der Waals surface area contributed by atoms with Gasteiger partial charge in [-0.3, -0.25) is 9.69 Å². The molecule has 4 fully saturated rings. The van der Waals surface area contributed by atoms with Crippen LogP contribution in [0.2, 0.25) is 0 Å². The van der Waals surface area contributed by atoms with Gasteiger partial charge in [0, 0.05) is 56.6 Å². The van der Waals surface area contributed by atoms with E-state index in [9.17, 15) is 9.59 Å². The van der Waals surface area contributed by atoms with Gasteiger partial charge in [0.25, 0.3) is 0 Å². The summed E-state index contributed by atoms with van der Waals surface area (Å²) in [7, 11) is 1.46. The summed E-state index contributed by atoms with van der Waals surface area (Å²) >= 11 is 0. The number of ether oxygens (including phenoxy) is 1. The number of hydrogen-bond donors (Lipinski definition) is 0. The molecule has 0 aromatic carbocycles. The van der Waals surface area contributed by atoms with Crippen LogP contribution in [0.4, 0.5) is 4.79 Å². The number of carbonyl (C=O) groups is 2. The van der Waals surface area contributed by atoms with Crippen molar-refractivity contribution in [3.05, 3.63) is 0 Å². The number of piperidine rings is 1. The highest BCUT2D eigenvalue weighted by Gasteiger charge is 2.62. The molecule has 1 spiro atoms. The van der Waals surface area contributed by atoms with Gasteiger partial charge in [0.1, 0.15) is 0 Å². The van der Waals surface area contributed by atoms with Crippen molar-refractivity contribution in [2.24, 2.45) is 23.2 Å². The van der Waals surface area contributed by atoms with Crippen molar-refractivity contribution in [2.45, 2.75) is 39.2 Å². The molecule has 2 aliphatic heterocycles. The van der Waals surface area contributed by atoms with Crippen LogP contribution in [0.3, 0.4) is 0 Å². The highest BCUT2D eigenvalue weighted by atomic mass is 16.5. The topological polar surface area (TPSA) is 53.1 Å². The maximum Gasteiger partial charge on any atom is 0.409 e. The Hall–Kier alpha value is -1.30. The lowest BCUT2D eigenvalue weighted by Crippen LogP contribution is -2.57. The van der Waals surface area contributed by atoms with E-state index in [0.717, 1.165) is 39.3 Å². The van der Waals surface area contributed by atoms with E-state index in [4.69, 9.17) is 4.74 Å². The second kappa shape index (κ2) is 6.15. The minimum Gasteiger partial charge on any atom is -0.453 e. The van der Waals surface area contributed by atoms with Crippen molar-refractivity contribution in [1.82, 2.24) is 14.7 Å². The zero-order chi connectivity index (χ0) is 17.8. The number of amides is 2. The van der Waals surface area contributed by atoms with Crippen LogP contribution in [0.5, 0.6) is 0 Å². The van der Waals surface area contributed by atoms with Gasteiger partial charge in [0.15, 0.2) is 0 Å². The predicted molar refractivity (Wildman–Crippen MR) is 94.0 cm³/mol. The first-order valence-corrected chi connectivity index (χ1v) is 9.87. The van der Waals surface area contributed by atoms with E-state index in [2.05, 4.69) is 18.7 Å². The summed E-state index contributed by atoms with van der Waals surface area (Å²) in [5.41, 5.74) is 0.335. The number of hydrogen-bond acceptors (Lipinski definition) is 4. The van der Waals surface area contributed by atoms with Crippen molar-refractivity contribution in [3.8, 4) is 0 Å². The average molecular weight is 349 g/mol. The minimum atomic E-state index is -0.186. The number of carbonyl (C=O) groups excluding carboxylic acids is 2. The quantitative estimate of drug-likeness (QED) is 0.774. The molecule has 140 valence electrons. The van der Waals surface area contributed by atoms with E-state index in [1.165, 1.54) is 26.4 Å². The van der Waals surface area contributed by atoms with Gasteiger partial charge in [0.2, 0.25) is 5.91 Å². The molecule has 4 atom stereocenters. The number of methoxy groups -OCH3 is 1. The second-order valence-corrected chi connectivity index (χ2v) is 8.54. The fourth-order valence-electron chi connectivity index (χ4n) is 5.77. The standard InChI is InChI=1S/C19H31N3O3/c1-4-20(5-2)17(23)16-14-9-21(10-15(14)16)13-6-7-19(8-13)11-22(12-19)18(24)25-3/h13-16H,4-12H2,1-3H3/t13?,14-,15+,16?. The average Bonchev–Trinajstić information content (AvgIpc) is 2.94. The van der Waals surface area contributed by atoms with Gasteiger partial charge in [0.05, 0.1) is 7.11 Å². The van der Waals surface area contributed by atoms with E-state index >= 15 is 0 Å². The predicted octanol–water partition coefficient (Wildman–Crippen LogP) is 1.65. The largest absolute Gasteiger partial charge is 0.453 e. The molecule has 2 unspecified atom stereocenters. The van der Waals surface area contributed by atoms with Crippen molar-refractivity contribution >= 4 is 12.0 Å². The summed E-state index contributed by atoms with van der Waals surface area (Å²) < 4.78 is 4.82. The highest BCUT2D eigenvalue weighted by molar-refractivity contribution is 5.82. The lowest BCUT2D eigenvalue weighted by molar-refractivity contribution is -0.133. The Morgan fingerprint density at radius 1 is 1.16 bits per heavy atom. The molecule has 6 heteroatoms. The molecule has 4 aliphatic rings. The molecular formula is C19H31N3O3. The number of nitrogens with zero attached hydrogens (tertiary/aromatic N) is 3. The van der Waals surface area contributed by atoms with Crippen LogP contribution in [-0.2, 0) is 9.53 Å². The van der Waals surface area contributed by atoms with E-state index < -0.39 is 0 Å². The Bertz CT molecular complexity index is 544. The van der Waals surface area contributed by atoms with E-state index in [-0.39, 0.29) is 6.09 Å². The van der Waals surface area contributed by atoms with E-state index in [1.807, 2.05) is 9.80 Å². The summed E-state index contributed by atoms with van der Waals surface area (Å²) in [5.74, 6) is 1.87. The highest BCUT2D eigenvalue weighted by Crippen LogP contribution is 2.55. The van der Waals surface area contributed by atoms with Crippen molar-refractivity contribution in [2.75, 3.05) is 46.4 Å². The Morgan fingerprint density at radius 2 is 1.80 bits per heavy atom. The van der Waals surface area contributed by atoms with E-state index in [1.54, 1.807) is 0 Å². The third kappa shape index (κ3) is 2.73. The molecule has 0 N–H and O–H groups in total. The molecule has 2 saturated heterocycles. The molecule has 2 amide bonds. The molecule has 2 saturated carbocycles. The summed E-state index contributed by atoms with van der Waals surface area (Å²) in [6.45, 7) is 9.72. The molecular weight excluding hydrogens is 318 g/mol. The van der Waals surface area contributed by atoms with Crippen molar-refractivity contribution in [1.29, 1.82) is 0 Å². The Morgan fingerprint density at radius 3 is 2.36 bits per heavy atom. The van der Waals surface area contributed by atoms with Gasteiger partial charge in [-0.05, 0) is 44.9 Å². The van der Waals surface area contributed by atoms with Gasteiger partial charge in [-0.2, -0.15) is 0 Å². The normalized spacial score (nSPS) is 35.4. The Kier molecular flexibility index (Phi) is 4.21. The summed E-state index contributed by atoms with van der Waals surface area (Å²) in [4.78, 5) is 30.6. The smallest absolute Gasteiger partial charge is 0.409 e. The maximum atomic E-state index is 12.6. The SMILES string of the molecule is CCN(CC)C(=O)C1[C@H]2CN(C3CCC4(C3)CN(C(=O)OC)C4)C[C@@H]12. The van der Waals surface area contributed by atoms with Crippen molar-refractivity contribution in [3.63, 3.8) is 0 Å². The van der Waals surface area contributed by atoms with Crippen LogP contribution >= 0.6 is 0 Å². The third-order valence-electron chi connectivity index (χ3n) is 7.26. The third-order valence-corrected chi connectivity index (χ3v) is 7.26. The van der Waals surface area contributed by atoms with Gasteiger partial charge >= 0.3 is 6.09 Å². The fraction of sp³-hybridized carbons (Fsp3) is 0.895. The first-order chi connectivity index (χ1) is 12.0. The molecule has 0 aromatic rings. The lowest BCUT2D eigenvalue weighted by Gasteiger charge is -2.47. The van der Waals surface area contributed by atoms with Crippen molar-refractivity contribution < 1.29 is 14.3 Å². The number of likely N-dealkylation sites (tertiary alicyclic amines) is 2. The van der Waals surface area contributed by atoms with Gasteiger partial charge in [-0.1, -0.05) is 0 Å². The molecule has 0 aromatic heterocycles. The summed E-state index contributed by atoms with van der Waals surface area (Å²) in [6.07, 6.45) is 3.48. The van der Waals surface area contributed by atoms with Crippen LogP contribution < -0.4 is 0 Å². The summed E-state index contributed by atoms with van der Waals surface area (Å²) in [5, 5.41) is 0. The van der Waals surface area contributed by atoms with Crippen LogP contribution in [0.15, 0.2) is 0 Å². The second-order valence-electron chi connectivity index (χ2n) is 8.54. The first kappa shape index (κ1) is 17.1. The molecule has 4 rings (SSSR count). The molecule has 25 heavy (non-hydrogen) atoms. The Balaban J connectivity index is 1.26. The zero-order valence-electron chi connectivity index (χ0n) is 15.7. The van der Waals surface area contributed by atoms with Crippen LogP contribution in [0.1, 0.15) is 33.1 Å². The number of fused-ring (bicyclic) bond motifs is 1. The molecule has 0 bridgehead atoms. The summed E-state index contributed by atoms with van der Waals surface area (Å²) in [6, 6.07) is 0.650. The number of rotatable bonds is 4. The van der Waals surface area contributed by atoms with Crippen LogP contribution in [-0.4, -0.2) is 79.1 Å². The molecule has 0 radical (unpaired) electrons. The lowest BCUT2D eigenvalue weighted by atomic mass is 9.78. The van der Waals surface area contributed by atoms with E-state index in [0.29, 0.717) is 35.1 Å². The van der Waals surface area contributed by atoms with Gasteiger partial charge in [-0.25, -0.2) is 4.79 Å². The fourth-order valence-corrected chi connectivity index (χ4v) is 5.77. The van der Waals surface area contributed by atoms with Gasteiger partial charge < -0.3 is 14.5 Å². The van der Waals surface area contributed by atoms with Crippen LogP contribution in [0, 0.1) is 23.2 Å². The maximum absolute atomic E-state index is 12.6. The molecule has 6 nitrogen and oxygen atoms in total. The molecule has 2 heterocycles. The van der Waals surface area contributed by atoms with Gasteiger partial charge in [-0.15, -0.1) is 0 Å². The minimum absolute atomic E-state index is 0.186.